The molecule has 2 N–H and O–H groups in total. The van der Waals surface area contributed by atoms with Crippen LogP contribution in [-0.4, -0.2) is 59.8 Å². The molecule has 144 valence electrons. The number of ether oxygens (including phenoxy) is 1. The largest absolute Gasteiger partial charge is 0.480 e. The second-order valence-electron chi connectivity index (χ2n) is 7.37. The topological polar surface area (TPSA) is 105 Å². The number of carboxylic acids is 1. The Morgan fingerprint density at radius 2 is 2.11 bits per heavy atom. The van der Waals surface area contributed by atoms with E-state index in [2.05, 4.69) is 4.98 Å². The second kappa shape index (κ2) is 6.22. The second-order valence-corrected chi connectivity index (χ2v) is 9.14. The van der Waals surface area contributed by atoms with Gasteiger partial charge >= 0.3 is 5.97 Å². The average molecular weight is 391 g/mol. The number of carbonyl (C=O) groups excluding carboxylic acids is 1. The number of methoxy groups -OCH3 is 1. The molecule has 3 heterocycles. The van der Waals surface area contributed by atoms with Crippen molar-refractivity contribution < 1.29 is 24.5 Å². The minimum absolute atomic E-state index is 0.193. The summed E-state index contributed by atoms with van der Waals surface area (Å²) in [6.07, 6.45) is -1.14. The number of aromatic nitrogens is 2. The standard InChI is InChI=1S/C18H21N3O5S/c1-18(2)13(17(24)25)21-15(23)11(16(21)27-18)12(22)14-19-9-6-4-5-7-10(9)20(14)8-26-3/h4-7,11-13,16,22H,8H2,1-3H3,(H,24,25)/t11-,12+,13+,16-/m1/s1. The highest BCUT2D eigenvalue weighted by Crippen LogP contribution is 2.56. The van der Waals surface area contributed by atoms with Crippen LogP contribution in [0.15, 0.2) is 24.3 Å². The average Bonchev–Trinajstić information content (AvgIpc) is 3.08. The number of hydrogen-bond acceptors (Lipinski definition) is 6. The Kier molecular flexibility index (Phi) is 4.21. The van der Waals surface area contributed by atoms with E-state index in [1.807, 2.05) is 38.1 Å². The fraction of sp³-hybridized carbons (Fsp3) is 0.500. The Bertz CT molecular complexity index is 927. The Balaban J connectivity index is 1.70. The van der Waals surface area contributed by atoms with Crippen LogP contribution in [0, 0.1) is 5.92 Å². The molecule has 0 saturated carbocycles. The highest BCUT2D eigenvalue weighted by atomic mass is 32.2. The molecule has 1 aromatic heterocycles. The molecule has 0 bridgehead atoms. The van der Waals surface area contributed by atoms with Gasteiger partial charge in [0.25, 0.3) is 0 Å². The summed E-state index contributed by atoms with van der Waals surface area (Å²) in [5.74, 6) is -1.75. The van der Waals surface area contributed by atoms with E-state index in [0.29, 0.717) is 11.3 Å². The van der Waals surface area contributed by atoms with Crippen molar-refractivity contribution in [2.24, 2.45) is 5.92 Å². The van der Waals surface area contributed by atoms with Gasteiger partial charge in [0.05, 0.1) is 16.4 Å². The quantitative estimate of drug-likeness (QED) is 0.743. The van der Waals surface area contributed by atoms with E-state index in [0.717, 1.165) is 5.52 Å². The van der Waals surface area contributed by atoms with Gasteiger partial charge in [-0.3, -0.25) is 4.79 Å². The first kappa shape index (κ1) is 18.3. The van der Waals surface area contributed by atoms with E-state index < -0.39 is 28.8 Å². The molecule has 9 heteroatoms. The van der Waals surface area contributed by atoms with Gasteiger partial charge < -0.3 is 24.4 Å². The predicted octanol–water partition coefficient (Wildman–Crippen LogP) is 1.44. The minimum atomic E-state index is -1.14. The number of benzene rings is 1. The van der Waals surface area contributed by atoms with Crippen LogP contribution < -0.4 is 0 Å². The van der Waals surface area contributed by atoms with Gasteiger partial charge in [0.1, 0.15) is 30.6 Å². The number of amides is 1. The van der Waals surface area contributed by atoms with Crippen LogP contribution in [0.3, 0.4) is 0 Å². The molecule has 4 atom stereocenters. The zero-order chi connectivity index (χ0) is 19.5. The summed E-state index contributed by atoms with van der Waals surface area (Å²) in [6.45, 7) is 3.82. The zero-order valence-electron chi connectivity index (χ0n) is 15.2. The zero-order valence-corrected chi connectivity index (χ0v) is 16.0. The summed E-state index contributed by atoms with van der Waals surface area (Å²) in [6, 6.07) is 6.53. The molecule has 4 rings (SSSR count). The van der Waals surface area contributed by atoms with Crippen LogP contribution in [0.1, 0.15) is 25.8 Å². The molecule has 2 saturated heterocycles. The van der Waals surface area contributed by atoms with E-state index in [4.69, 9.17) is 4.74 Å². The van der Waals surface area contributed by atoms with Crippen LogP contribution in [0.25, 0.3) is 11.0 Å². The first-order valence-corrected chi connectivity index (χ1v) is 9.51. The molecule has 0 aliphatic carbocycles. The van der Waals surface area contributed by atoms with Gasteiger partial charge in [-0.15, -0.1) is 11.8 Å². The maximum Gasteiger partial charge on any atom is 0.327 e. The van der Waals surface area contributed by atoms with E-state index in [1.54, 1.807) is 11.7 Å². The summed E-state index contributed by atoms with van der Waals surface area (Å²) in [4.78, 5) is 30.3. The maximum atomic E-state index is 12.8. The molecule has 1 amide bonds. The number of nitrogens with zero attached hydrogens (tertiary/aromatic N) is 3. The highest BCUT2D eigenvalue weighted by molar-refractivity contribution is 8.01. The molecule has 2 aliphatic rings. The molecule has 2 aromatic rings. The number of aliphatic carboxylic acids is 1. The Labute approximate surface area is 160 Å². The van der Waals surface area contributed by atoms with Gasteiger partial charge in [-0.2, -0.15) is 0 Å². The minimum Gasteiger partial charge on any atom is -0.480 e. The van der Waals surface area contributed by atoms with Crippen molar-refractivity contribution in [3.8, 4) is 0 Å². The van der Waals surface area contributed by atoms with E-state index in [1.165, 1.54) is 16.7 Å². The summed E-state index contributed by atoms with van der Waals surface area (Å²) in [5.41, 5.74) is 1.51. The normalized spacial score (nSPS) is 27.5. The van der Waals surface area contributed by atoms with E-state index >= 15 is 0 Å². The van der Waals surface area contributed by atoms with Crippen LogP contribution in [0.4, 0.5) is 0 Å². The van der Waals surface area contributed by atoms with Crippen LogP contribution in [-0.2, 0) is 21.1 Å². The molecular weight excluding hydrogens is 370 g/mol. The maximum absolute atomic E-state index is 12.8. The van der Waals surface area contributed by atoms with Gasteiger partial charge in [-0.1, -0.05) is 12.1 Å². The SMILES string of the molecule is COCn1c([C@@H](O)[C@@H]2C(=O)N3[C@@H]2SC(C)(C)[C@@H]3C(=O)O)nc2ccccc21. The Morgan fingerprint density at radius 1 is 1.41 bits per heavy atom. The van der Waals surface area contributed by atoms with Gasteiger partial charge in [0.15, 0.2) is 0 Å². The van der Waals surface area contributed by atoms with Crippen molar-refractivity contribution in [3.05, 3.63) is 30.1 Å². The number of aliphatic hydroxyl groups is 1. The van der Waals surface area contributed by atoms with Crippen molar-refractivity contribution in [2.45, 2.75) is 42.8 Å². The lowest BCUT2D eigenvalue weighted by Crippen LogP contribution is -2.64. The number of carbonyl (C=O) groups is 2. The number of para-hydroxylation sites is 2. The van der Waals surface area contributed by atoms with Crippen molar-refractivity contribution in [1.29, 1.82) is 0 Å². The van der Waals surface area contributed by atoms with Crippen LogP contribution in [0.5, 0.6) is 0 Å². The Morgan fingerprint density at radius 3 is 2.78 bits per heavy atom. The van der Waals surface area contributed by atoms with Gasteiger partial charge in [0, 0.05) is 11.9 Å². The molecular formula is C18H21N3O5S. The Hall–Kier alpha value is -2.10. The number of fused-ring (bicyclic) bond motifs is 2. The lowest BCUT2D eigenvalue weighted by atomic mass is 9.87. The fourth-order valence-electron chi connectivity index (χ4n) is 4.08. The third kappa shape index (κ3) is 2.56. The monoisotopic (exact) mass is 391 g/mol. The van der Waals surface area contributed by atoms with Gasteiger partial charge in [-0.25, -0.2) is 9.78 Å². The lowest BCUT2D eigenvalue weighted by molar-refractivity contribution is -0.169. The van der Waals surface area contributed by atoms with Crippen molar-refractivity contribution >= 4 is 34.7 Å². The summed E-state index contributed by atoms with van der Waals surface area (Å²) < 4.78 is 6.36. The molecule has 0 spiro atoms. The number of carboxylic acid groups (broad SMARTS) is 1. The number of imidazole rings is 1. The van der Waals surface area contributed by atoms with E-state index in [9.17, 15) is 19.8 Å². The number of hydrogen-bond donors (Lipinski definition) is 2. The highest BCUT2D eigenvalue weighted by Gasteiger charge is 2.65. The number of aliphatic hydroxyl groups excluding tert-OH is 1. The number of rotatable bonds is 5. The fourth-order valence-corrected chi connectivity index (χ4v) is 5.79. The van der Waals surface area contributed by atoms with Crippen molar-refractivity contribution in [3.63, 3.8) is 0 Å². The lowest BCUT2D eigenvalue weighted by Gasteiger charge is -2.45. The summed E-state index contributed by atoms with van der Waals surface area (Å²) in [7, 11) is 1.55. The smallest absolute Gasteiger partial charge is 0.327 e. The predicted molar refractivity (Wildman–Crippen MR) is 98.9 cm³/mol. The summed E-state index contributed by atoms with van der Waals surface area (Å²) in [5, 5.41) is 20.2. The van der Waals surface area contributed by atoms with Crippen LogP contribution >= 0.6 is 11.8 Å². The molecule has 8 nitrogen and oxygen atoms in total. The molecule has 0 unspecified atom stereocenters. The van der Waals surface area contributed by atoms with Gasteiger partial charge in [0.2, 0.25) is 5.91 Å². The van der Waals surface area contributed by atoms with Gasteiger partial charge in [-0.05, 0) is 26.0 Å². The molecule has 2 fully saturated rings. The van der Waals surface area contributed by atoms with Crippen LogP contribution in [0.2, 0.25) is 0 Å². The molecule has 27 heavy (non-hydrogen) atoms. The van der Waals surface area contributed by atoms with Crippen molar-refractivity contribution in [1.82, 2.24) is 14.5 Å². The molecule has 2 aliphatic heterocycles. The molecule has 1 aromatic carbocycles. The van der Waals surface area contributed by atoms with Crippen molar-refractivity contribution in [2.75, 3.05) is 7.11 Å². The van der Waals surface area contributed by atoms with E-state index in [-0.39, 0.29) is 18.0 Å². The first-order valence-electron chi connectivity index (χ1n) is 8.63. The number of thioether (sulfide) groups is 1. The third-order valence-corrected chi connectivity index (χ3v) is 6.86. The third-order valence-electron chi connectivity index (χ3n) is 5.26. The first-order chi connectivity index (χ1) is 12.8. The summed E-state index contributed by atoms with van der Waals surface area (Å²) >= 11 is 1.41. The molecule has 0 radical (unpaired) electrons. The number of β-lactam (4-membered cyclic amide) rings is 1.